The minimum atomic E-state index is -0.903. The normalized spacial score (nSPS) is 21.3. The molecule has 2 aromatic rings. The zero-order valence-electron chi connectivity index (χ0n) is 14.0. The van der Waals surface area contributed by atoms with Crippen LogP contribution in [0, 0.1) is 20.8 Å². The number of nitrogens with zero attached hydrogens (tertiary/aromatic N) is 3. The van der Waals surface area contributed by atoms with Gasteiger partial charge in [-0.3, -0.25) is 9.69 Å². The summed E-state index contributed by atoms with van der Waals surface area (Å²) in [6, 6.07) is 1.49. The summed E-state index contributed by atoms with van der Waals surface area (Å²) in [5.74, 6) is 0.574. The maximum absolute atomic E-state index is 13.9. The van der Waals surface area contributed by atoms with Crippen molar-refractivity contribution in [2.75, 3.05) is 13.1 Å². The summed E-state index contributed by atoms with van der Waals surface area (Å²) in [4.78, 5) is 14.1. The second kappa shape index (κ2) is 6.72. The maximum Gasteiger partial charge on any atom is 0.289 e. The molecule has 0 spiro atoms. The Labute approximate surface area is 139 Å². The van der Waals surface area contributed by atoms with E-state index in [0.29, 0.717) is 31.7 Å². The number of likely N-dealkylation sites (tertiary alicyclic amines) is 1. The van der Waals surface area contributed by atoms with Gasteiger partial charge in [-0.2, -0.15) is 0 Å². The van der Waals surface area contributed by atoms with Crippen LogP contribution in [0.5, 0.6) is 0 Å². The minimum Gasteiger partial charge on any atom is -0.361 e. The first kappa shape index (κ1) is 16.6. The van der Waals surface area contributed by atoms with Crippen LogP contribution in [0.1, 0.15) is 39.7 Å². The number of halogens is 1. The molecule has 3 rings (SSSR count). The second-order valence-electron chi connectivity index (χ2n) is 6.26. The van der Waals surface area contributed by atoms with E-state index >= 15 is 0 Å². The molecule has 0 unspecified atom stereocenters. The van der Waals surface area contributed by atoms with Crippen molar-refractivity contribution in [1.29, 1.82) is 0 Å². The zero-order chi connectivity index (χ0) is 17.3. The van der Waals surface area contributed by atoms with Crippen LogP contribution >= 0.6 is 0 Å². The largest absolute Gasteiger partial charge is 0.361 e. The second-order valence-corrected chi connectivity index (χ2v) is 6.26. The quantitative estimate of drug-likeness (QED) is 0.898. The number of alkyl halides is 1. The number of carbonyl (C=O) groups is 1. The van der Waals surface area contributed by atoms with Gasteiger partial charge < -0.3 is 14.4 Å². The monoisotopic (exact) mass is 336 g/mol. The summed E-state index contributed by atoms with van der Waals surface area (Å²) >= 11 is 0. The van der Waals surface area contributed by atoms with E-state index in [0.717, 1.165) is 17.0 Å². The molecule has 0 saturated carbocycles. The Morgan fingerprint density at radius 3 is 2.79 bits per heavy atom. The molecule has 0 aromatic carbocycles. The summed E-state index contributed by atoms with van der Waals surface area (Å²) in [5.41, 5.74) is 2.44. The van der Waals surface area contributed by atoms with E-state index < -0.39 is 6.17 Å². The molecule has 1 aliphatic rings. The molecule has 0 bridgehead atoms. The molecule has 130 valence electrons. The third-order valence-corrected chi connectivity index (χ3v) is 4.37. The molecular formula is C16H21FN4O3. The average molecular weight is 336 g/mol. The van der Waals surface area contributed by atoms with Crippen LogP contribution in [-0.4, -0.2) is 46.4 Å². The summed E-state index contributed by atoms with van der Waals surface area (Å²) in [7, 11) is 0. The number of rotatable bonds is 5. The lowest BCUT2D eigenvalue weighted by atomic mass is 10.1. The van der Waals surface area contributed by atoms with E-state index in [1.54, 1.807) is 13.0 Å². The third kappa shape index (κ3) is 3.48. The fourth-order valence-corrected chi connectivity index (χ4v) is 3.03. The van der Waals surface area contributed by atoms with Crippen LogP contribution in [-0.2, 0) is 6.54 Å². The van der Waals surface area contributed by atoms with Gasteiger partial charge in [-0.1, -0.05) is 10.3 Å². The van der Waals surface area contributed by atoms with Crippen molar-refractivity contribution in [2.24, 2.45) is 0 Å². The van der Waals surface area contributed by atoms with Crippen LogP contribution in [0.25, 0.3) is 0 Å². The topological polar surface area (TPSA) is 84.4 Å². The molecular weight excluding hydrogens is 315 g/mol. The summed E-state index contributed by atoms with van der Waals surface area (Å²) in [6.07, 6.45) is -0.515. The maximum atomic E-state index is 13.9. The highest BCUT2D eigenvalue weighted by Gasteiger charge is 2.33. The number of aromatic nitrogens is 2. The molecule has 8 heteroatoms. The van der Waals surface area contributed by atoms with E-state index in [1.165, 1.54) is 0 Å². The minimum absolute atomic E-state index is 0.0818. The molecule has 2 atom stereocenters. The molecule has 1 amide bonds. The molecule has 1 aliphatic heterocycles. The van der Waals surface area contributed by atoms with Gasteiger partial charge in [-0.05, 0) is 27.2 Å². The van der Waals surface area contributed by atoms with Gasteiger partial charge in [0.2, 0.25) is 5.76 Å². The molecule has 1 fully saturated rings. The van der Waals surface area contributed by atoms with Crippen LogP contribution in [0.15, 0.2) is 15.1 Å². The Bertz CT molecular complexity index is 707. The first-order chi connectivity index (χ1) is 11.4. The van der Waals surface area contributed by atoms with E-state index in [4.69, 9.17) is 9.05 Å². The Hall–Kier alpha value is -2.22. The Morgan fingerprint density at radius 1 is 1.38 bits per heavy atom. The number of amides is 1. The molecule has 1 saturated heterocycles. The Balaban J connectivity index is 1.62. The van der Waals surface area contributed by atoms with E-state index in [-0.39, 0.29) is 17.7 Å². The fourth-order valence-electron chi connectivity index (χ4n) is 3.03. The Kier molecular flexibility index (Phi) is 4.66. The summed E-state index contributed by atoms with van der Waals surface area (Å²) < 4.78 is 24.0. The lowest BCUT2D eigenvalue weighted by Gasteiger charge is -2.23. The van der Waals surface area contributed by atoms with Gasteiger partial charge in [0.15, 0.2) is 0 Å². The number of carbonyl (C=O) groups excluding carboxylic acids is 1. The molecule has 1 N–H and O–H groups in total. The molecule has 0 aliphatic carbocycles. The standard InChI is InChI=1S/C16H21FN4O3/c1-9-4-15(24-19-9)16(22)18-6-13-5-12(17)7-21(13)8-14-10(2)20-23-11(14)3/h4,12-13H,5-8H2,1-3H3,(H,18,22)/t12-,13-/m0/s1. The van der Waals surface area contributed by atoms with Crippen molar-refractivity contribution >= 4 is 5.91 Å². The SMILES string of the molecule is Cc1cc(C(=O)NC[C@@H]2C[C@H](F)CN2Cc2c(C)noc2C)on1. The highest BCUT2D eigenvalue weighted by atomic mass is 19.1. The van der Waals surface area contributed by atoms with E-state index in [2.05, 4.69) is 15.6 Å². The third-order valence-electron chi connectivity index (χ3n) is 4.37. The number of hydrogen-bond donors (Lipinski definition) is 1. The zero-order valence-corrected chi connectivity index (χ0v) is 14.0. The van der Waals surface area contributed by atoms with Gasteiger partial charge in [0.1, 0.15) is 11.9 Å². The van der Waals surface area contributed by atoms with E-state index in [1.807, 2.05) is 18.7 Å². The van der Waals surface area contributed by atoms with Gasteiger partial charge in [0.25, 0.3) is 5.91 Å². The molecule has 7 nitrogen and oxygen atoms in total. The lowest BCUT2D eigenvalue weighted by Crippen LogP contribution is -2.39. The molecule has 24 heavy (non-hydrogen) atoms. The first-order valence-electron chi connectivity index (χ1n) is 7.95. The van der Waals surface area contributed by atoms with Crippen LogP contribution in [0.4, 0.5) is 4.39 Å². The van der Waals surface area contributed by atoms with Crippen LogP contribution in [0.3, 0.4) is 0 Å². The molecule has 0 radical (unpaired) electrons. The highest BCUT2D eigenvalue weighted by Crippen LogP contribution is 2.24. The van der Waals surface area contributed by atoms with Crippen molar-refractivity contribution in [3.8, 4) is 0 Å². The van der Waals surface area contributed by atoms with Gasteiger partial charge in [-0.25, -0.2) is 4.39 Å². The predicted octanol–water partition coefficient (Wildman–Crippen LogP) is 1.93. The smallest absolute Gasteiger partial charge is 0.289 e. The van der Waals surface area contributed by atoms with Crippen molar-refractivity contribution in [3.05, 3.63) is 34.5 Å². The fraction of sp³-hybridized carbons (Fsp3) is 0.562. The summed E-state index contributed by atoms with van der Waals surface area (Å²) in [6.45, 7) is 6.72. The number of nitrogens with one attached hydrogen (secondary N) is 1. The van der Waals surface area contributed by atoms with Crippen LogP contribution < -0.4 is 5.32 Å². The van der Waals surface area contributed by atoms with E-state index in [9.17, 15) is 9.18 Å². The number of hydrogen-bond acceptors (Lipinski definition) is 6. The first-order valence-corrected chi connectivity index (χ1v) is 7.95. The van der Waals surface area contributed by atoms with Crippen molar-refractivity contribution in [2.45, 2.75) is 46.0 Å². The Morgan fingerprint density at radius 2 is 2.17 bits per heavy atom. The van der Waals surface area contributed by atoms with Crippen molar-refractivity contribution < 1.29 is 18.2 Å². The van der Waals surface area contributed by atoms with Gasteiger partial charge >= 0.3 is 0 Å². The molecule has 3 heterocycles. The van der Waals surface area contributed by atoms with Crippen molar-refractivity contribution in [3.63, 3.8) is 0 Å². The number of aryl methyl sites for hydroxylation is 3. The highest BCUT2D eigenvalue weighted by molar-refractivity contribution is 5.91. The summed E-state index contributed by atoms with van der Waals surface area (Å²) in [5, 5.41) is 10.4. The van der Waals surface area contributed by atoms with Crippen LogP contribution in [0.2, 0.25) is 0 Å². The van der Waals surface area contributed by atoms with Crippen molar-refractivity contribution in [1.82, 2.24) is 20.5 Å². The predicted molar refractivity (Wildman–Crippen MR) is 83.3 cm³/mol. The molecule has 2 aromatic heterocycles. The van der Waals surface area contributed by atoms with Gasteiger partial charge in [0, 0.05) is 37.3 Å². The lowest BCUT2D eigenvalue weighted by molar-refractivity contribution is 0.0902. The average Bonchev–Trinajstić information content (AvgIpc) is 3.20. The van der Waals surface area contributed by atoms with Gasteiger partial charge in [-0.15, -0.1) is 0 Å². The van der Waals surface area contributed by atoms with Gasteiger partial charge in [0.05, 0.1) is 11.4 Å².